The standard InChI is InChI=1S/C36H50BrN3O7/c1-8-10-16-27(42)38-20-26(23-14-12-11-13-15-23)46-34(45)28-29-32(43)40(24(21-41)18-22(3)4)31(36(29)19-25(37)30(28)47-36)33(44)39(17-9-2)35(5,6)7/h8-9,11-15,22,24-26,28-31,41H,1-2,10,16-21H2,3-7H3,(H,38,42)/t24-,25?,26+,28-,29+,30-,31-,36+/m1/s1. The minimum atomic E-state index is -1.31. The maximum Gasteiger partial charge on any atom is 0.313 e. The summed E-state index contributed by atoms with van der Waals surface area (Å²) >= 11 is 3.72. The summed E-state index contributed by atoms with van der Waals surface area (Å²) in [6, 6.07) is 7.40. The second kappa shape index (κ2) is 15.0. The molecule has 4 rings (SSSR count). The number of benzene rings is 1. The topological polar surface area (TPSA) is 125 Å². The van der Waals surface area contributed by atoms with E-state index in [0.29, 0.717) is 24.8 Å². The van der Waals surface area contributed by atoms with Crippen LogP contribution in [-0.4, -0.2) is 92.4 Å². The Kier molecular flexibility index (Phi) is 11.8. The Morgan fingerprint density at radius 2 is 1.89 bits per heavy atom. The van der Waals surface area contributed by atoms with Crippen LogP contribution in [0.4, 0.5) is 0 Å². The van der Waals surface area contributed by atoms with Gasteiger partial charge in [-0.3, -0.25) is 19.2 Å². The number of carbonyl (C=O) groups excluding carboxylic acids is 4. The van der Waals surface area contributed by atoms with Crippen molar-refractivity contribution in [1.82, 2.24) is 15.1 Å². The van der Waals surface area contributed by atoms with Gasteiger partial charge in [-0.25, -0.2) is 0 Å². The third-order valence-electron chi connectivity index (χ3n) is 9.46. The van der Waals surface area contributed by atoms with Crippen molar-refractivity contribution >= 4 is 39.6 Å². The van der Waals surface area contributed by atoms with Gasteiger partial charge in [-0.15, -0.1) is 13.2 Å². The maximum atomic E-state index is 14.7. The van der Waals surface area contributed by atoms with E-state index in [1.165, 1.54) is 4.90 Å². The summed E-state index contributed by atoms with van der Waals surface area (Å²) in [5, 5.41) is 13.4. The Morgan fingerprint density at radius 1 is 1.21 bits per heavy atom. The average molecular weight is 717 g/mol. The second-order valence-electron chi connectivity index (χ2n) is 14.3. The Morgan fingerprint density at radius 3 is 2.47 bits per heavy atom. The zero-order valence-corrected chi connectivity index (χ0v) is 29.8. The number of hydrogen-bond donors (Lipinski definition) is 2. The van der Waals surface area contributed by atoms with Crippen molar-refractivity contribution < 1.29 is 33.8 Å². The van der Waals surface area contributed by atoms with Gasteiger partial charge in [0.15, 0.2) is 0 Å². The van der Waals surface area contributed by atoms with Crippen LogP contribution in [0.15, 0.2) is 55.6 Å². The monoisotopic (exact) mass is 715 g/mol. The Balaban J connectivity index is 1.73. The molecule has 3 aliphatic rings. The van der Waals surface area contributed by atoms with Gasteiger partial charge in [0.1, 0.15) is 17.7 Å². The lowest BCUT2D eigenvalue weighted by atomic mass is 9.70. The Labute approximate surface area is 287 Å². The van der Waals surface area contributed by atoms with Gasteiger partial charge in [-0.05, 0) is 51.5 Å². The lowest BCUT2D eigenvalue weighted by Crippen LogP contribution is -2.62. The molecule has 8 atom stereocenters. The fourth-order valence-electron chi connectivity index (χ4n) is 7.44. The summed E-state index contributed by atoms with van der Waals surface area (Å²) in [5.41, 5.74) is -1.23. The largest absolute Gasteiger partial charge is 0.455 e. The van der Waals surface area contributed by atoms with Gasteiger partial charge in [-0.1, -0.05) is 72.3 Å². The van der Waals surface area contributed by atoms with Crippen molar-refractivity contribution in [3.63, 3.8) is 0 Å². The van der Waals surface area contributed by atoms with Crippen LogP contribution in [-0.2, 0) is 28.7 Å². The number of amides is 3. The van der Waals surface area contributed by atoms with E-state index in [-0.39, 0.29) is 48.7 Å². The molecule has 0 aromatic heterocycles. The highest BCUT2D eigenvalue weighted by molar-refractivity contribution is 9.09. The maximum absolute atomic E-state index is 14.7. The number of rotatable bonds is 15. The molecule has 3 amide bonds. The number of aliphatic hydroxyl groups is 1. The molecule has 1 spiro atoms. The third-order valence-corrected chi connectivity index (χ3v) is 10.3. The van der Waals surface area contributed by atoms with Crippen LogP contribution in [0, 0.1) is 17.8 Å². The molecule has 258 valence electrons. The van der Waals surface area contributed by atoms with Crippen LogP contribution >= 0.6 is 15.9 Å². The molecule has 47 heavy (non-hydrogen) atoms. The van der Waals surface area contributed by atoms with E-state index in [1.54, 1.807) is 17.1 Å². The molecule has 1 aromatic carbocycles. The fourth-order valence-corrected chi connectivity index (χ4v) is 8.39. The second-order valence-corrected chi connectivity index (χ2v) is 15.4. The van der Waals surface area contributed by atoms with Crippen LogP contribution in [0.1, 0.15) is 72.0 Å². The SMILES string of the molecule is C=CCCC(=O)NC[C@H](OC(=O)[C@H]1[C@@H]2O[C@@]3(CC2Br)[C@@H]1C(=O)N([C@@H](CO)CC(C)C)[C@@H]3C(=O)N(CC=C)C(C)(C)C)c1ccccc1. The zero-order chi connectivity index (χ0) is 34.7. The molecule has 3 saturated heterocycles. The quantitative estimate of drug-likeness (QED) is 0.157. The summed E-state index contributed by atoms with van der Waals surface area (Å²) in [4.78, 5) is 58.9. The molecular weight excluding hydrogens is 666 g/mol. The van der Waals surface area contributed by atoms with E-state index < -0.39 is 59.1 Å². The molecule has 3 aliphatic heterocycles. The summed E-state index contributed by atoms with van der Waals surface area (Å²) in [6.45, 7) is 17.2. The first-order chi connectivity index (χ1) is 22.2. The van der Waals surface area contributed by atoms with E-state index in [0.717, 1.165) is 0 Å². The molecule has 1 aromatic rings. The molecule has 11 heteroatoms. The van der Waals surface area contributed by atoms with Crippen LogP contribution in [0.2, 0.25) is 0 Å². The van der Waals surface area contributed by atoms with Gasteiger partial charge in [0.05, 0.1) is 37.1 Å². The molecule has 2 bridgehead atoms. The van der Waals surface area contributed by atoms with Crippen LogP contribution < -0.4 is 5.32 Å². The fraction of sp³-hybridized carbons (Fsp3) is 0.611. The van der Waals surface area contributed by atoms with Crippen molar-refractivity contribution in [2.75, 3.05) is 19.7 Å². The van der Waals surface area contributed by atoms with Gasteiger partial charge in [-0.2, -0.15) is 0 Å². The average Bonchev–Trinajstić information content (AvgIpc) is 3.62. The number of ether oxygens (including phenoxy) is 2. The number of alkyl halides is 1. The smallest absolute Gasteiger partial charge is 0.313 e. The first kappa shape index (κ1) is 36.8. The van der Waals surface area contributed by atoms with E-state index in [1.807, 2.05) is 65.0 Å². The molecule has 3 fully saturated rings. The molecule has 0 saturated carbocycles. The Hall–Kier alpha value is -3.02. The van der Waals surface area contributed by atoms with E-state index in [2.05, 4.69) is 34.4 Å². The number of fused-ring (bicyclic) bond motifs is 1. The zero-order valence-electron chi connectivity index (χ0n) is 28.2. The van der Waals surface area contributed by atoms with E-state index in [4.69, 9.17) is 9.47 Å². The van der Waals surface area contributed by atoms with Crippen molar-refractivity contribution in [3.8, 4) is 0 Å². The van der Waals surface area contributed by atoms with Gasteiger partial charge < -0.3 is 29.7 Å². The minimum Gasteiger partial charge on any atom is -0.455 e. The molecule has 1 unspecified atom stereocenters. The normalized spacial score (nSPS) is 27.7. The number of esters is 1. The predicted molar refractivity (Wildman–Crippen MR) is 182 cm³/mol. The van der Waals surface area contributed by atoms with Crippen molar-refractivity contribution in [2.24, 2.45) is 17.8 Å². The van der Waals surface area contributed by atoms with Gasteiger partial charge in [0.25, 0.3) is 0 Å². The summed E-state index contributed by atoms with van der Waals surface area (Å²) in [6.07, 6.45) is 3.35. The molecule has 2 N–H and O–H groups in total. The van der Waals surface area contributed by atoms with E-state index in [9.17, 15) is 24.3 Å². The molecular formula is C36H50BrN3O7. The number of likely N-dealkylation sites (tertiary alicyclic amines) is 1. The van der Waals surface area contributed by atoms with Crippen LogP contribution in [0.25, 0.3) is 0 Å². The highest BCUT2D eigenvalue weighted by Gasteiger charge is 2.77. The third kappa shape index (κ3) is 7.37. The molecule has 3 heterocycles. The lowest BCUT2D eigenvalue weighted by molar-refractivity contribution is -0.161. The lowest BCUT2D eigenvalue weighted by Gasteiger charge is -2.43. The number of nitrogens with one attached hydrogen (secondary N) is 1. The molecule has 0 radical (unpaired) electrons. The van der Waals surface area contributed by atoms with Crippen LogP contribution in [0.3, 0.4) is 0 Å². The number of nitrogens with zero attached hydrogens (tertiary/aromatic N) is 2. The van der Waals surface area contributed by atoms with Gasteiger partial charge in [0, 0.05) is 23.3 Å². The number of allylic oxidation sites excluding steroid dienone is 1. The minimum absolute atomic E-state index is 0.0434. The first-order valence-electron chi connectivity index (χ1n) is 16.5. The summed E-state index contributed by atoms with van der Waals surface area (Å²) in [7, 11) is 0. The number of carbonyl (C=O) groups is 4. The molecule has 0 aliphatic carbocycles. The first-order valence-corrected chi connectivity index (χ1v) is 17.4. The number of halogens is 1. The van der Waals surface area contributed by atoms with Gasteiger partial charge in [0.2, 0.25) is 17.7 Å². The van der Waals surface area contributed by atoms with Gasteiger partial charge >= 0.3 is 5.97 Å². The number of aliphatic hydroxyl groups excluding tert-OH is 1. The predicted octanol–water partition coefficient (Wildman–Crippen LogP) is 4.32. The highest BCUT2D eigenvalue weighted by atomic mass is 79.9. The van der Waals surface area contributed by atoms with Crippen molar-refractivity contribution in [2.45, 2.75) is 101 Å². The summed E-state index contributed by atoms with van der Waals surface area (Å²) < 4.78 is 12.8. The van der Waals surface area contributed by atoms with Crippen molar-refractivity contribution in [3.05, 3.63) is 61.2 Å². The van der Waals surface area contributed by atoms with Crippen molar-refractivity contribution in [1.29, 1.82) is 0 Å². The van der Waals surface area contributed by atoms with E-state index >= 15 is 0 Å². The van der Waals surface area contributed by atoms with Crippen LogP contribution in [0.5, 0.6) is 0 Å². The number of hydrogen-bond acceptors (Lipinski definition) is 7. The Bertz CT molecular complexity index is 1330. The molecule has 10 nitrogen and oxygen atoms in total. The highest BCUT2D eigenvalue weighted by Crippen LogP contribution is 2.61. The summed E-state index contributed by atoms with van der Waals surface area (Å²) in [5.74, 6) is -3.42.